The number of rotatable bonds is 2. The zero-order valence-corrected chi connectivity index (χ0v) is 7.42. The van der Waals surface area contributed by atoms with Crippen molar-refractivity contribution < 1.29 is 9.47 Å². The minimum atomic E-state index is 0.509. The molecule has 1 aliphatic heterocycles. The Morgan fingerprint density at radius 3 is 2.83 bits per heavy atom. The standard InChI is InChI=1S/C10H16O2/c1-2-4-9(3-1)12-10-5-7-11-8-6-10/h5,9H,1-4,6-8H2. The van der Waals surface area contributed by atoms with E-state index in [0.717, 1.165) is 25.4 Å². The lowest BCUT2D eigenvalue weighted by Crippen LogP contribution is -2.12. The lowest BCUT2D eigenvalue weighted by atomic mass is 10.2. The van der Waals surface area contributed by atoms with Crippen LogP contribution in [0.3, 0.4) is 0 Å². The van der Waals surface area contributed by atoms with E-state index in [2.05, 4.69) is 6.08 Å². The summed E-state index contributed by atoms with van der Waals surface area (Å²) in [5.41, 5.74) is 0. The van der Waals surface area contributed by atoms with E-state index >= 15 is 0 Å². The van der Waals surface area contributed by atoms with Crippen molar-refractivity contribution in [3.63, 3.8) is 0 Å². The third kappa shape index (κ3) is 2.01. The monoisotopic (exact) mass is 168 g/mol. The Morgan fingerprint density at radius 2 is 2.17 bits per heavy atom. The SMILES string of the molecule is C1=C(OC2CCCC2)CCOC1. The van der Waals surface area contributed by atoms with Crippen LogP contribution in [-0.4, -0.2) is 19.3 Å². The van der Waals surface area contributed by atoms with E-state index in [-0.39, 0.29) is 0 Å². The van der Waals surface area contributed by atoms with Crippen LogP contribution in [-0.2, 0) is 9.47 Å². The molecule has 0 aromatic carbocycles. The van der Waals surface area contributed by atoms with Crippen molar-refractivity contribution in [3.05, 3.63) is 11.8 Å². The van der Waals surface area contributed by atoms with Crippen molar-refractivity contribution in [2.45, 2.75) is 38.2 Å². The summed E-state index contributed by atoms with van der Waals surface area (Å²) < 4.78 is 11.0. The second-order valence-electron chi connectivity index (χ2n) is 3.52. The molecule has 0 saturated heterocycles. The molecule has 0 N–H and O–H groups in total. The van der Waals surface area contributed by atoms with Gasteiger partial charge in [0, 0.05) is 6.42 Å². The minimum absolute atomic E-state index is 0.509. The molecule has 12 heavy (non-hydrogen) atoms. The molecule has 0 aromatic heterocycles. The fourth-order valence-electron chi connectivity index (χ4n) is 1.84. The normalized spacial score (nSPS) is 25.5. The highest BCUT2D eigenvalue weighted by atomic mass is 16.5. The molecule has 1 heterocycles. The average molecular weight is 168 g/mol. The number of hydrogen-bond donors (Lipinski definition) is 0. The summed E-state index contributed by atoms with van der Waals surface area (Å²) in [6.45, 7) is 1.57. The summed E-state index contributed by atoms with van der Waals surface area (Å²) >= 11 is 0. The van der Waals surface area contributed by atoms with Gasteiger partial charge in [-0.15, -0.1) is 0 Å². The van der Waals surface area contributed by atoms with Crippen LogP contribution >= 0.6 is 0 Å². The lowest BCUT2D eigenvalue weighted by molar-refractivity contribution is 0.0744. The first kappa shape index (κ1) is 8.11. The lowest BCUT2D eigenvalue weighted by Gasteiger charge is -2.19. The summed E-state index contributed by atoms with van der Waals surface area (Å²) in [5.74, 6) is 1.16. The molecule has 1 fully saturated rings. The van der Waals surface area contributed by atoms with Crippen molar-refractivity contribution in [3.8, 4) is 0 Å². The fraction of sp³-hybridized carbons (Fsp3) is 0.800. The summed E-state index contributed by atoms with van der Waals surface area (Å²) in [7, 11) is 0. The zero-order valence-electron chi connectivity index (χ0n) is 7.42. The number of ether oxygens (including phenoxy) is 2. The van der Waals surface area contributed by atoms with Crippen LogP contribution in [0.5, 0.6) is 0 Å². The molecule has 0 bridgehead atoms. The van der Waals surface area contributed by atoms with Gasteiger partial charge >= 0.3 is 0 Å². The molecule has 2 aliphatic rings. The van der Waals surface area contributed by atoms with Gasteiger partial charge in [0.05, 0.1) is 25.1 Å². The highest BCUT2D eigenvalue weighted by molar-refractivity contribution is 4.97. The van der Waals surface area contributed by atoms with Gasteiger partial charge in [-0.05, 0) is 31.8 Å². The predicted octanol–water partition coefficient (Wildman–Crippen LogP) is 2.25. The van der Waals surface area contributed by atoms with Crippen LogP contribution < -0.4 is 0 Å². The molecule has 0 unspecified atom stereocenters. The van der Waals surface area contributed by atoms with Crippen LogP contribution in [0, 0.1) is 0 Å². The van der Waals surface area contributed by atoms with Gasteiger partial charge in [0.15, 0.2) is 0 Å². The van der Waals surface area contributed by atoms with Crippen LogP contribution in [0.1, 0.15) is 32.1 Å². The van der Waals surface area contributed by atoms with Gasteiger partial charge in [-0.1, -0.05) is 0 Å². The summed E-state index contributed by atoms with van der Waals surface area (Å²) in [6, 6.07) is 0. The second kappa shape index (κ2) is 3.94. The van der Waals surface area contributed by atoms with Crippen LogP contribution in [0.4, 0.5) is 0 Å². The highest BCUT2D eigenvalue weighted by Crippen LogP contribution is 2.24. The molecule has 2 heteroatoms. The van der Waals surface area contributed by atoms with Gasteiger partial charge in [-0.3, -0.25) is 0 Å². The van der Waals surface area contributed by atoms with E-state index in [0.29, 0.717) is 6.10 Å². The molecular weight excluding hydrogens is 152 g/mol. The van der Waals surface area contributed by atoms with Crippen molar-refractivity contribution in [1.82, 2.24) is 0 Å². The Balaban J connectivity index is 1.80. The van der Waals surface area contributed by atoms with E-state index in [1.54, 1.807) is 0 Å². The van der Waals surface area contributed by atoms with Gasteiger partial charge < -0.3 is 9.47 Å². The Morgan fingerprint density at radius 1 is 1.33 bits per heavy atom. The summed E-state index contributed by atoms with van der Waals surface area (Å²) in [6.07, 6.45) is 8.73. The highest BCUT2D eigenvalue weighted by Gasteiger charge is 2.17. The molecule has 2 rings (SSSR count). The summed E-state index contributed by atoms with van der Waals surface area (Å²) in [5, 5.41) is 0. The summed E-state index contributed by atoms with van der Waals surface area (Å²) in [4.78, 5) is 0. The molecule has 2 nitrogen and oxygen atoms in total. The van der Waals surface area contributed by atoms with Crippen molar-refractivity contribution in [1.29, 1.82) is 0 Å². The molecule has 0 aromatic rings. The van der Waals surface area contributed by atoms with E-state index in [9.17, 15) is 0 Å². The van der Waals surface area contributed by atoms with E-state index in [1.165, 1.54) is 25.7 Å². The fourth-order valence-corrected chi connectivity index (χ4v) is 1.84. The van der Waals surface area contributed by atoms with Crippen LogP contribution in [0.15, 0.2) is 11.8 Å². The first-order valence-electron chi connectivity index (χ1n) is 4.88. The third-order valence-corrected chi connectivity index (χ3v) is 2.54. The minimum Gasteiger partial charge on any atom is -0.495 e. The Labute approximate surface area is 73.5 Å². The molecule has 0 radical (unpaired) electrons. The Kier molecular flexibility index (Phi) is 2.67. The van der Waals surface area contributed by atoms with Crippen molar-refractivity contribution in [2.24, 2.45) is 0 Å². The smallest absolute Gasteiger partial charge is 0.0982 e. The van der Waals surface area contributed by atoms with Crippen molar-refractivity contribution in [2.75, 3.05) is 13.2 Å². The Bertz CT molecular complexity index is 169. The second-order valence-corrected chi connectivity index (χ2v) is 3.52. The molecular formula is C10H16O2. The average Bonchev–Trinajstić information content (AvgIpc) is 2.59. The quantitative estimate of drug-likeness (QED) is 0.629. The largest absolute Gasteiger partial charge is 0.495 e. The van der Waals surface area contributed by atoms with Gasteiger partial charge in [0.1, 0.15) is 0 Å². The maximum absolute atomic E-state index is 5.83. The van der Waals surface area contributed by atoms with Crippen molar-refractivity contribution >= 4 is 0 Å². The van der Waals surface area contributed by atoms with Gasteiger partial charge in [0.2, 0.25) is 0 Å². The van der Waals surface area contributed by atoms with Crippen LogP contribution in [0.2, 0.25) is 0 Å². The maximum atomic E-state index is 5.83. The van der Waals surface area contributed by atoms with E-state index in [1.807, 2.05) is 0 Å². The molecule has 0 atom stereocenters. The molecule has 1 aliphatic carbocycles. The number of hydrogen-bond acceptors (Lipinski definition) is 2. The van der Waals surface area contributed by atoms with Gasteiger partial charge in [-0.2, -0.15) is 0 Å². The van der Waals surface area contributed by atoms with Gasteiger partial charge in [-0.25, -0.2) is 0 Å². The molecule has 0 amide bonds. The van der Waals surface area contributed by atoms with Gasteiger partial charge in [0.25, 0.3) is 0 Å². The van der Waals surface area contributed by atoms with E-state index in [4.69, 9.17) is 9.47 Å². The topological polar surface area (TPSA) is 18.5 Å². The van der Waals surface area contributed by atoms with Crippen LogP contribution in [0.25, 0.3) is 0 Å². The Hall–Kier alpha value is -0.500. The maximum Gasteiger partial charge on any atom is 0.0982 e. The first-order chi connectivity index (χ1) is 5.95. The first-order valence-corrected chi connectivity index (χ1v) is 4.88. The molecule has 68 valence electrons. The zero-order chi connectivity index (χ0) is 8.23. The molecule has 1 saturated carbocycles. The molecule has 0 spiro atoms. The predicted molar refractivity (Wildman–Crippen MR) is 46.9 cm³/mol. The van der Waals surface area contributed by atoms with E-state index < -0.39 is 0 Å². The third-order valence-electron chi connectivity index (χ3n) is 2.54.